The Morgan fingerprint density at radius 3 is 1.10 bits per heavy atom. The molecule has 0 saturated heterocycles. The van der Waals surface area contributed by atoms with E-state index in [4.69, 9.17) is 4.98 Å². The topological polar surface area (TPSA) is 59.0 Å². The van der Waals surface area contributed by atoms with Crippen LogP contribution in [0, 0.1) is 63.2 Å². The second kappa shape index (κ2) is 15.1. The van der Waals surface area contributed by atoms with E-state index in [2.05, 4.69) is 116 Å². The second-order valence-corrected chi connectivity index (χ2v) is 23.2. The molecule has 59 heavy (non-hydrogen) atoms. The first-order chi connectivity index (χ1) is 28.4. The minimum absolute atomic E-state index is 0.0307. The Morgan fingerprint density at radius 2 is 0.763 bits per heavy atom. The van der Waals surface area contributed by atoms with Gasteiger partial charge in [0.05, 0.1) is 11.4 Å². The van der Waals surface area contributed by atoms with Crippen molar-refractivity contribution >= 4 is 0 Å². The molecule has 1 heterocycles. The molecule has 8 aliphatic rings. The van der Waals surface area contributed by atoms with Crippen molar-refractivity contribution in [1.29, 1.82) is 0 Å². The van der Waals surface area contributed by atoms with Crippen LogP contribution in [0.1, 0.15) is 110 Å². The molecule has 4 heteroatoms. The van der Waals surface area contributed by atoms with Crippen LogP contribution < -0.4 is 10.2 Å². The summed E-state index contributed by atoms with van der Waals surface area (Å²) in [6.07, 6.45) is 15.2. The molecule has 0 radical (unpaired) electrons. The van der Waals surface area contributed by atoms with Crippen LogP contribution in [-0.2, 0) is 34.1 Å². The summed E-state index contributed by atoms with van der Waals surface area (Å²) < 4.78 is 4.59. The van der Waals surface area contributed by atoms with Crippen LogP contribution in [0.3, 0.4) is 0 Å². The van der Waals surface area contributed by atoms with Crippen molar-refractivity contribution in [2.45, 2.75) is 125 Å². The van der Waals surface area contributed by atoms with Gasteiger partial charge >= 0.3 is 32.5 Å². The van der Waals surface area contributed by atoms with Crippen LogP contribution in [0.15, 0.2) is 78.9 Å². The van der Waals surface area contributed by atoms with Crippen molar-refractivity contribution < 1.29 is 33.4 Å². The molecule has 3 nitrogen and oxygen atoms in total. The first kappa shape index (κ1) is 39.6. The van der Waals surface area contributed by atoms with E-state index in [1.807, 2.05) is 0 Å². The molecular weight excluding hydrogens is 798 g/mol. The number of rotatable bonds is 6. The zero-order valence-electron chi connectivity index (χ0n) is 36.2. The third-order valence-electron chi connectivity index (χ3n) is 15.9. The predicted molar refractivity (Wildman–Crippen MR) is 235 cm³/mol. The van der Waals surface area contributed by atoms with E-state index in [-0.39, 0.29) is 45.6 Å². The van der Waals surface area contributed by atoms with Crippen molar-refractivity contribution in [3.8, 4) is 56.3 Å². The average Bonchev–Trinajstić information content (AvgIpc) is 3.19. The van der Waals surface area contributed by atoms with Gasteiger partial charge in [-0.25, -0.2) is 4.98 Å². The Kier molecular flexibility index (Phi) is 10.2. The molecule has 4 aromatic carbocycles. The zero-order chi connectivity index (χ0) is 40.8. The fraction of sp³-hybridized carbons (Fsp3) is 0.473. The standard InChI is InChI=1S/C53H57NO2.2CH3.Zr/c1-30-8-10-40(44-14-32(3)16-46(50(44)55)52-24-34-18-35(25-52)20-36(19-34)26-52)42(12-30)48-6-5-7-49(54-48)43-13-31(2)9-11-41(43)45-15-33(4)17-47(51(45)56)53-27-37-21-38(28-53)23-39(22-37)29-53;;;/h5-17,34-39,55-56H,18-29H2,1-4H3;2*1H3;/q;;;+2/p-2. The molecule has 5 aromatic rings. The summed E-state index contributed by atoms with van der Waals surface area (Å²) >= 11 is 0.230. The summed E-state index contributed by atoms with van der Waals surface area (Å²) in [5.74, 6) is 5.10. The number of benzene rings is 4. The molecule has 0 N–H and O–H groups in total. The number of aryl methyl sites for hydroxylation is 4. The van der Waals surface area contributed by atoms with Gasteiger partial charge in [-0.05, 0) is 209 Å². The maximum atomic E-state index is 14.9. The van der Waals surface area contributed by atoms with Gasteiger partial charge in [-0.15, -0.1) is 0 Å². The fourth-order valence-corrected chi connectivity index (χ4v) is 14.6. The molecule has 0 spiro atoms. The summed E-state index contributed by atoms with van der Waals surface area (Å²) in [4.78, 5) is 5.42. The number of aromatic nitrogens is 1. The van der Waals surface area contributed by atoms with E-state index in [1.165, 1.54) is 88.2 Å². The number of nitrogens with zero attached hydrogens (tertiary/aromatic N) is 1. The van der Waals surface area contributed by atoms with Crippen molar-refractivity contribution in [3.63, 3.8) is 0 Å². The Hall–Kier alpha value is -3.49. The third-order valence-corrected chi connectivity index (χ3v) is 15.9. The van der Waals surface area contributed by atoms with Crippen molar-refractivity contribution in [3.05, 3.63) is 112 Å². The molecule has 0 amide bonds. The summed E-state index contributed by atoms with van der Waals surface area (Å²) in [5, 5.41) is 29.7. The third kappa shape index (κ3) is 7.00. The molecule has 0 atom stereocenters. The van der Waals surface area contributed by atoms with Gasteiger partial charge in [0.2, 0.25) is 0 Å². The van der Waals surface area contributed by atoms with E-state index < -0.39 is 0 Å². The second-order valence-electron chi connectivity index (χ2n) is 20.8. The Bertz CT molecular complexity index is 2210. The van der Waals surface area contributed by atoms with Gasteiger partial charge in [-0.2, -0.15) is 0 Å². The molecular formula is C55H61NO2Zr. The van der Waals surface area contributed by atoms with Crippen LogP contribution >= 0.6 is 0 Å². The molecule has 8 fully saturated rings. The summed E-state index contributed by atoms with van der Waals surface area (Å²) in [6.45, 7) is 8.59. The van der Waals surface area contributed by atoms with Gasteiger partial charge < -0.3 is 10.2 Å². The van der Waals surface area contributed by atoms with Crippen molar-refractivity contribution in [2.24, 2.45) is 35.5 Å². The van der Waals surface area contributed by atoms with Gasteiger partial charge in [-0.1, -0.05) is 88.4 Å². The number of pyridine rings is 1. The zero-order valence-corrected chi connectivity index (χ0v) is 38.7. The van der Waals surface area contributed by atoms with E-state index in [9.17, 15) is 10.2 Å². The molecule has 8 saturated carbocycles. The van der Waals surface area contributed by atoms with E-state index in [0.29, 0.717) is 0 Å². The molecule has 8 bridgehead atoms. The molecule has 302 valence electrons. The maximum absolute atomic E-state index is 14.9. The fourth-order valence-electron chi connectivity index (χ4n) is 14.6. The van der Waals surface area contributed by atoms with E-state index in [0.717, 1.165) is 103 Å². The van der Waals surface area contributed by atoms with Crippen LogP contribution in [-0.4, -0.2) is 4.98 Å². The minimum atomic E-state index is 0.0307. The van der Waals surface area contributed by atoms with Gasteiger partial charge in [0, 0.05) is 11.1 Å². The summed E-state index contributed by atoms with van der Waals surface area (Å²) in [5.41, 5.74) is 14.1. The van der Waals surface area contributed by atoms with Gasteiger partial charge in [0.15, 0.2) is 0 Å². The molecule has 13 rings (SSSR count). The first-order valence-corrected chi connectivity index (χ1v) is 27.8. The molecule has 0 aliphatic heterocycles. The Morgan fingerprint density at radius 1 is 0.441 bits per heavy atom. The normalized spacial score (nSPS) is 29.6. The van der Waals surface area contributed by atoms with E-state index in [1.54, 1.807) is 0 Å². The van der Waals surface area contributed by atoms with Crippen LogP contribution in [0.25, 0.3) is 44.8 Å². The van der Waals surface area contributed by atoms with Crippen molar-refractivity contribution in [1.82, 2.24) is 4.98 Å². The summed E-state index contributed by atoms with van der Waals surface area (Å²) in [6, 6.07) is 28.0. The monoisotopic (exact) mass is 857 g/mol. The quantitative estimate of drug-likeness (QED) is 0.171. The van der Waals surface area contributed by atoms with Crippen LogP contribution in [0.2, 0.25) is 9.26 Å². The predicted octanol–water partition coefficient (Wildman–Crippen LogP) is 13.2. The van der Waals surface area contributed by atoms with Crippen LogP contribution in [0.4, 0.5) is 0 Å². The molecule has 0 unspecified atom stereocenters. The van der Waals surface area contributed by atoms with E-state index >= 15 is 0 Å². The Balaban J connectivity index is 0.00000136. The SMILES string of the molecule is Cc1ccc(-c2cc(C)cc(C34CC5CC(CC(C5)C3)C4)c2[O-])c(-c2cccc(-c3cc(C)ccc3-c3cc(C)cc(C45CC6CC(CC(C6)C4)C5)c3[O-])n2)c1.[CH3][Zr+2][CH3]. The van der Waals surface area contributed by atoms with Gasteiger partial charge in [-0.3, -0.25) is 0 Å². The van der Waals surface area contributed by atoms with Crippen LogP contribution in [0.5, 0.6) is 11.5 Å². The number of hydrogen-bond donors (Lipinski definition) is 0. The molecule has 1 aromatic heterocycles. The van der Waals surface area contributed by atoms with Gasteiger partial charge in [0.25, 0.3) is 0 Å². The average molecular weight is 859 g/mol. The van der Waals surface area contributed by atoms with Crippen molar-refractivity contribution in [2.75, 3.05) is 0 Å². The van der Waals surface area contributed by atoms with Gasteiger partial charge in [0.1, 0.15) is 0 Å². The summed E-state index contributed by atoms with van der Waals surface area (Å²) in [7, 11) is 0. The molecule has 8 aliphatic carbocycles. The number of hydrogen-bond acceptors (Lipinski definition) is 3. The Labute approximate surface area is 365 Å². The first-order valence-electron chi connectivity index (χ1n) is 22.9.